The van der Waals surface area contributed by atoms with E-state index in [2.05, 4.69) is 0 Å². The highest BCUT2D eigenvalue weighted by Crippen LogP contribution is 2.33. The Morgan fingerprint density at radius 2 is 2.20 bits per heavy atom. The summed E-state index contributed by atoms with van der Waals surface area (Å²) in [5, 5.41) is 19.8. The molecule has 2 rings (SSSR count). The number of nitro groups is 1. The Kier molecular flexibility index (Phi) is 4.53. The quantitative estimate of drug-likeness (QED) is 0.655. The number of rotatable bonds is 5. The molecule has 0 saturated heterocycles. The van der Waals surface area contributed by atoms with Crippen molar-refractivity contribution >= 4 is 5.69 Å². The number of nitrogens with two attached hydrogens (primary N) is 1. The Morgan fingerprint density at radius 1 is 1.45 bits per heavy atom. The second kappa shape index (κ2) is 6.35. The summed E-state index contributed by atoms with van der Waals surface area (Å²) in [5.74, 6) is 1.01. The SMILES string of the molecule is N#Cc1ccc(OCC2CCCC2CN)c([N+](=O)[O-])c1. The number of hydrogen-bond acceptors (Lipinski definition) is 5. The van der Waals surface area contributed by atoms with Crippen LogP contribution in [0.5, 0.6) is 5.75 Å². The second-order valence-corrected chi connectivity index (χ2v) is 5.05. The molecule has 0 aromatic heterocycles. The third-order valence-corrected chi connectivity index (χ3v) is 3.86. The van der Waals surface area contributed by atoms with Crippen molar-refractivity contribution in [3.05, 3.63) is 33.9 Å². The fourth-order valence-electron chi connectivity index (χ4n) is 2.69. The summed E-state index contributed by atoms with van der Waals surface area (Å²) >= 11 is 0. The molecule has 1 aliphatic carbocycles. The first-order valence-corrected chi connectivity index (χ1v) is 6.67. The van der Waals surface area contributed by atoms with Gasteiger partial charge >= 0.3 is 5.69 Å². The maximum absolute atomic E-state index is 11.0. The molecular weight excluding hydrogens is 258 g/mol. The van der Waals surface area contributed by atoms with Crippen LogP contribution in [-0.4, -0.2) is 18.1 Å². The number of nitriles is 1. The van der Waals surface area contributed by atoms with Crippen LogP contribution in [0.15, 0.2) is 18.2 Å². The highest BCUT2D eigenvalue weighted by Gasteiger charge is 2.27. The average molecular weight is 275 g/mol. The molecule has 0 bridgehead atoms. The molecule has 0 radical (unpaired) electrons. The van der Waals surface area contributed by atoms with Gasteiger partial charge in [-0.05, 0) is 43.4 Å². The Balaban J connectivity index is 2.09. The zero-order valence-corrected chi connectivity index (χ0v) is 11.1. The van der Waals surface area contributed by atoms with Gasteiger partial charge in [0.1, 0.15) is 0 Å². The molecule has 20 heavy (non-hydrogen) atoms. The predicted octanol–water partition coefficient (Wildman–Crippen LogP) is 2.22. The van der Waals surface area contributed by atoms with Crippen molar-refractivity contribution in [1.82, 2.24) is 0 Å². The van der Waals surface area contributed by atoms with Gasteiger partial charge in [0.05, 0.1) is 23.2 Å². The first kappa shape index (κ1) is 14.3. The van der Waals surface area contributed by atoms with Crippen molar-refractivity contribution in [2.45, 2.75) is 19.3 Å². The molecule has 0 amide bonds. The van der Waals surface area contributed by atoms with Crippen LogP contribution in [0, 0.1) is 33.3 Å². The first-order chi connectivity index (χ1) is 9.65. The van der Waals surface area contributed by atoms with Crippen LogP contribution in [-0.2, 0) is 0 Å². The Bertz CT molecular complexity index is 539. The Labute approximate surface area is 117 Å². The van der Waals surface area contributed by atoms with E-state index >= 15 is 0 Å². The van der Waals surface area contributed by atoms with E-state index in [4.69, 9.17) is 15.7 Å². The van der Waals surface area contributed by atoms with E-state index in [0.717, 1.165) is 19.3 Å². The minimum Gasteiger partial charge on any atom is -0.487 e. The number of nitrogens with zero attached hydrogens (tertiary/aromatic N) is 2. The number of hydrogen-bond donors (Lipinski definition) is 1. The lowest BCUT2D eigenvalue weighted by Crippen LogP contribution is -2.23. The van der Waals surface area contributed by atoms with Crippen molar-refractivity contribution in [3.63, 3.8) is 0 Å². The number of nitro benzene ring substituents is 1. The van der Waals surface area contributed by atoms with Crippen LogP contribution < -0.4 is 10.5 Å². The standard InChI is InChI=1S/C14H17N3O3/c15-7-10-4-5-14(13(6-10)17(18)19)20-9-12-3-1-2-11(12)8-16/h4-6,11-12H,1-3,8-9,16H2. The van der Waals surface area contributed by atoms with Crippen molar-refractivity contribution in [1.29, 1.82) is 5.26 Å². The molecule has 0 spiro atoms. The summed E-state index contributed by atoms with van der Waals surface area (Å²) in [5.41, 5.74) is 5.80. The Hall–Kier alpha value is -2.13. The van der Waals surface area contributed by atoms with E-state index < -0.39 is 4.92 Å². The summed E-state index contributed by atoms with van der Waals surface area (Å²) in [6.45, 7) is 1.07. The molecule has 1 saturated carbocycles. The van der Waals surface area contributed by atoms with Gasteiger partial charge in [-0.2, -0.15) is 5.26 Å². The summed E-state index contributed by atoms with van der Waals surface area (Å²) in [6, 6.07) is 6.14. The fraction of sp³-hybridized carbons (Fsp3) is 0.500. The van der Waals surface area contributed by atoms with E-state index in [9.17, 15) is 10.1 Å². The normalized spacial score (nSPS) is 21.4. The van der Waals surface area contributed by atoms with Gasteiger partial charge < -0.3 is 10.5 Å². The van der Waals surface area contributed by atoms with Crippen molar-refractivity contribution in [2.75, 3.05) is 13.2 Å². The molecule has 6 nitrogen and oxygen atoms in total. The molecule has 1 aliphatic rings. The van der Waals surface area contributed by atoms with Gasteiger partial charge in [-0.25, -0.2) is 0 Å². The molecule has 2 unspecified atom stereocenters. The predicted molar refractivity (Wildman–Crippen MR) is 73.2 cm³/mol. The van der Waals surface area contributed by atoms with Gasteiger partial charge in [0, 0.05) is 6.07 Å². The van der Waals surface area contributed by atoms with E-state index in [0.29, 0.717) is 25.0 Å². The van der Waals surface area contributed by atoms with Gasteiger partial charge in [-0.15, -0.1) is 0 Å². The minimum atomic E-state index is -0.523. The van der Waals surface area contributed by atoms with Crippen LogP contribution in [0.2, 0.25) is 0 Å². The zero-order valence-electron chi connectivity index (χ0n) is 11.1. The van der Waals surface area contributed by atoms with Gasteiger partial charge in [0.15, 0.2) is 5.75 Å². The van der Waals surface area contributed by atoms with Crippen LogP contribution in [0.3, 0.4) is 0 Å². The molecule has 6 heteroatoms. The van der Waals surface area contributed by atoms with Gasteiger partial charge in [0.25, 0.3) is 0 Å². The molecule has 106 valence electrons. The van der Waals surface area contributed by atoms with Gasteiger partial charge in [0.2, 0.25) is 0 Å². The van der Waals surface area contributed by atoms with Crippen LogP contribution in [0.4, 0.5) is 5.69 Å². The topological polar surface area (TPSA) is 102 Å². The lowest BCUT2D eigenvalue weighted by Gasteiger charge is -2.18. The highest BCUT2D eigenvalue weighted by molar-refractivity contribution is 5.51. The van der Waals surface area contributed by atoms with Crippen LogP contribution >= 0.6 is 0 Å². The van der Waals surface area contributed by atoms with Crippen molar-refractivity contribution in [2.24, 2.45) is 17.6 Å². The molecule has 2 atom stereocenters. The fourth-order valence-corrected chi connectivity index (χ4v) is 2.69. The van der Waals surface area contributed by atoms with E-state index in [1.54, 1.807) is 0 Å². The maximum Gasteiger partial charge on any atom is 0.312 e. The Morgan fingerprint density at radius 3 is 2.85 bits per heavy atom. The molecule has 0 aliphatic heterocycles. The van der Waals surface area contributed by atoms with Gasteiger partial charge in [-0.3, -0.25) is 10.1 Å². The monoisotopic (exact) mass is 275 g/mol. The molecular formula is C14H17N3O3. The third-order valence-electron chi connectivity index (χ3n) is 3.86. The van der Waals surface area contributed by atoms with E-state index in [-0.39, 0.29) is 17.0 Å². The minimum absolute atomic E-state index is 0.161. The van der Waals surface area contributed by atoms with Gasteiger partial charge in [-0.1, -0.05) is 6.42 Å². The summed E-state index contributed by atoms with van der Waals surface area (Å²) in [4.78, 5) is 10.5. The van der Waals surface area contributed by atoms with Crippen molar-refractivity contribution < 1.29 is 9.66 Å². The summed E-state index contributed by atoms with van der Waals surface area (Å²) in [7, 11) is 0. The molecule has 1 fully saturated rings. The second-order valence-electron chi connectivity index (χ2n) is 5.05. The zero-order chi connectivity index (χ0) is 14.5. The number of benzene rings is 1. The largest absolute Gasteiger partial charge is 0.487 e. The molecule has 0 heterocycles. The van der Waals surface area contributed by atoms with Crippen LogP contribution in [0.1, 0.15) is 24.8 Å². The summed E-state index contributed by atoms with van der Waals surface area (Å²) < 4.78 is 5.61. The lowest BCUT2D eigenvalue weighted by molar-refractivity contribution is -0.385. The first-order valence-electron chi connectivity index (χ1n) is 6.67. The lowest BCUT2D eigenvalue weighted by atomic mass is 9.97. The maximum atomic E-state index is 11.0. The van der Waals surface area contributed by atoms with Crippen LogP contribution in [0.25, 0.3) is 0 Å². The summed E-state index contributed by atoms with van der Waals surface area (Å²) in [6.07, 6.45) is 3.28. The van der Waals surface area contributed by atoms with E-state index in [1.807, 2.05) is 6.07 Å². The molecule has 1 aromatic carbocycles. The van der Waals surface area contributed by atoms with Crippen molar-refractivity contribution in [3.8, 4) is 11.8 Å². The molecule has 1 aromatic rings. The molecule has 2 N–H and O–H groups in total. The number of ether oxygens (including phenoxy) is 1. The average Bonchev–Trinajstić information content (AvgIpc) is 2.92. The third kappa shape index (κ3) is 3.06. The van der Waals surface area contributed by atoms with E-state index in [1.165, 1.54) is 18.2 Å². The smallest absolute Gasteiger partial charge is 0.312 e. The highest BCUT2D eigenvalue weighted by atomic mass is 16.6.